The van der Waals surface area contributed by atoms with E-state index in [-0.39, 0.29) is 11.9 Å². The summed E-state index contributed by atoms with van der Waals surface area (Å²) in [5, 5.41) is 3.32. The lowest BCUT2D eigenvalue weighted by atomic mass is 9.99. The van der Waals surface area contributed by atoms with Crippen LogP contribution in [0.5, 0.6) is 0 Å². The summed E-state index contributed by atoms with van der Waals surface area (Å²) in [6, 6.07) is 15.5. The largest absolute Gasteiger partial charge is 0.313 e. The van der Waals surface area contributed by atoms with Crippen molar-refractivity contribution in [2.24, 2.45) is 0 Å². The van der Waals surface area contributed by atoms with E-state index in [0.717, 1.165) is 12.0 Å². The predicted octanol–water partition coefficient (Wildman–Crippen LogP) is 4.05. The molecule has 0 radical (unpaired) electrons. The molecule has 0 aliphatic carbocycles. The normalized spacial score (nSPS) is 12.4. The maximum absolute atomic E-state index is 12.9. The maximum atomic E-state index is 12.9. The summed E-state index contributed by atoms with van der Waals surface area (Å²) in [4.78, 5) is 1.26. The number of rotatable bonds is 5. The van der Waals surface area contributed by atoms with Gasteiger partial charge in [-0.15, -0.1) is 11.8 Å². The highest BCUT2D eigenvalue weighted by Crippen LogP contribution is 2.22. The summed E-state index contributed by atoms with van der Waals surface area (Å²) in [7, 11) is 1.96. The highest BCUT2D eigenvalue weighted by atomic mass is 32.2. The Balaban J connectivity index is 2.12. The van der Waals surface area contributed by atoms with Crippen LogP contribution in [0.2, 0.25) is 0 Å². The van der Waals surface area contributed by atoms with Crippen LogP contribution in [0.3, 0.4) is 0 Å². The Morgan fingerprint density at radius 3 is 2.21 bits per heavy atom. The Hall–Kier alpha value is -1.32. The lowest BCUT2D eigenvalue weighted by molar-refractivity contribution is 0.588. The molecule has 0 amide bonds. The van der Waals surface area contributed by atoms with Crippen molar-refractivity contribution in [3.63, 3.8) is 0 Å². The van der Waals surface area contributed by atoms with E-state index >= 15 is 0 Å². The molecule has 19 heavy (non-hydrogen) atoms. The van der Waals surface area contributed by atoms with Gasteiger partial charge in [0.05, 0.1) is 0 Å². The Kier molecular flexibility index (Phi) is 5.00. The molecule has 1 N–H and O–H groups in total. The quantitative estimate of drug-likeness (QED) is 0.826. The van der Waals surface area contributed by atoms with E-state index in [1.165, 1.54) is 22.6 Å². The maximum Gasteiger partial charge on any atom is 0.123 e. The van der Waals surface area contributed by atoms with Gasteiger partial charge in [-0.2, -0.15) is 0 Å². The molecule has 2 rings (SSSR count). The molecule has 0 aliphatic heterocycles. The Morgan fingerprint density at radius 2 is 1.68 bits per heavy atom. The summed E-state index contributed by atoms with van der Waals surface area (Å²) < 4.78 is 12.9. The molecule has 1 unspecified atom stereocenters. The van der Waals surface area contributed by atoms with E-state index in [4.69, 9.17) is 0 Å². The second kappa shape index (κ2) is 6.73. The van der Waals surface area contributed by atoms with Crippen LogP contribution < -0.4 is 5.32 Å². The van der Waals surface area contributed by atoms with Gasteiger partial charge in [-0.05, 0) is 55.1 Å². The molecule has 0 aromatic heterocycles. The van der Waals surface area contributed by atoms with Gasteiger partial charge in [0.1, 0.15) is 5.82 Å². The molecule has 0 heterocycles. The van der Waals surface area contributed by atoms with Crippen molar-refractivity contribution in [3.8, 4) is 0 Å². The van der Waals surface area contributed by atoms with E-state index in [1.807, 2.05) is 19.2 Å². The van der Waals surface area contributed by atoms with Crippen LogP contribution in [0, 0.1) is 5.82 Å². The van der Waals surface area contributed by atoms with E-state index in [1.54, 1.807) is 11.8 Å². The zero-order valence-corrected chi connectivity index (χ0v) is 12.0. The van der Waals surface area contributed by atoms with Gasteiger partial charge in [0.2, 0.25) is 0 Å². The fourth-order valence-corrected chi connectivity index (χ4v) is 2.49. The Labute approximate surface area is 118 Å². The minimum Gasteiger partial charge on any atom is -0.313 e. The second-order valence-electron chi connectivity index (χ2n) is 4.45. The summed E-state index contributed by atoms with van der Waals surface area (Å²) in [5.74, 6) is -0.186. The lowest BCUT2D eigenvalue weighted by Crippen LogP contribution is -2.18. The third-order valence-electron chi connectivity index (χ3n) is 3.22. The van der Waals surface area contributed by atoms with Gasteiger partial charge in [-0.1, -0.05) is 24.3 Å². The molecule has 0 bridgehead atoms. The second-order valence-corrected chi connectivity index (χ2v) is 5.32. The third-order valence-corrected chi connectivity index (χ3v) is 3.96. The summed E-state index contributed by atoms with van der Waals surface area (Å²) >= 11 is 1.74. The van der Waals surface area contributed by atoms with Crippen molar-refractivity contribution < 1.29 is 4.39 Å². The number of halogens is 1. The Bertz CT molecular complexity index is 507. The van der Waals surface area contributed by atoms with E-state index < -0.39 is 0 Å². The van der Waals surface area contributed by atoms with Crippen LogP contribution in [0.15, 0.2) is 53.4 Å². The van der Waals surface area contributed by atoms with Crippen molar-refractivity contribution in [2.75, 3.05) is 13.3 Å². The fraction of sp³-hybridized carbons (Fsp3) is 0.250. The van der Waals surface area contributed by atoms with Crippen molar-refractivity contribution >= 4 is 11.8 Å². The zero-order valence-electron chi connectivity index (χ0n) is 11.2. The number of thioether (sulfide) groups is 1. The van der Waals surface area contributed by atoms with Gasteiger partial charge in [-0.25, -0.2) is 4.39 Å². The van der Waals surface area contributed by atoms with Crippen LogP contribution in [0.4, 0.5) is 4.39 Å². The summed E-state index contributed by atoms with van der Waals surface area (Å²) in [6.45, 7) is 0. The standard InChI is InChI=1S/C16H18FNS/c1-18-16(11-12-3-7-14(17)8-4-12)13-5-9-15(19-2)10-6-13/h3-10,16,18H,11H2,1-2H3. The van der Waals surface area contributed by atoms with Gasteiger partial charge in [0, 0.05) is 10.9 Å². The van der Waals surface area contributed by atoms with Gasteiger partial charge >= 0.3 is 0 Å². The van der Waals surface area contributed by atoms with Crippen LogP contribution >= 0.6 is 11.8 Å². The number of hydrogen-bond donors (Lipinski definition) is 1. The van der Waals surface area contributed by atoms with Gasteiger partial charge in [-0.3, -0.25) is 0 Å². The zero-order chi connectivity index (χ0) is 13.7. The third kappa shape index (κ3) is 3.82. The average molecular weight is 275 g/mol. The van der Waals surface area contributed by atoms with Crippen LogP contribution in [0.25, 0.3) is 0 Å². The van der Waals surface area contributed by atoms with E-state index in [9.17, 15) is 4.39 Å². The molecule has 2 aromatic carbocycles. The fourth-order valence-electron chi connectivity index (χ4n) is 2.08. The molecule has 0 fully saturated rings. The summed E-state index contributed by atoms with van der Waals surface area (Å²) in [6.07, 6.45) is 2.93. The van der Waals surface area contributed by atoms with Gasteiger partial charge in [0.25, 0.3) is 0 Å². The average Bonchev–Trinajstić information content (AvgIpc) is 2.47. The molecule has 1 atom stereocenters. The van der Waals surface area contributed by atoms with Crippen molar-refractivity contribution in [1.82, 2.24) is 5.32 Å². The minimum atomic E-state index is -0.186. The molecule has 0 aliphatic rings. The van der Waals surface area contributed by atoms with Gasteiger partial charge in [0.15, 0.2) is 0 Å². The predicted molar refractivity (Wildman–Crippen MR) is 80.1 cm³/mol. The van der Waals surface area contributed by atoms with Crippen molar-refractivity contribution in [1.29, 1.82) is 0 Å². The van der Waals surface area contributed by atoms with Gasteiger partial charge < -0.3 is 5.32 Å². The monoisotopic (exact) mass is 275 g/mol. The lowest BCUT2D eigenvalue weighted by Gasteiger charge is -2.17. The first-order valence-electron chi connectivity index (χ1n) is 6.28. The number of hydrogen-bond acceptors (Lipinski definition) is 2. The first-order chi connectivity index (χ1) is 9.22. The molecule has 0 saturated carbocycles. The molecular formula is C16H18FNS. The summed E-state index contributed by atoms with van der Waals surface area (Å²) in [5.41, 5.74) is 2.39. The van der Waals surface area contributed by atoms with Crippen LogP contribution in [-0.4, -0.2) is 13.3 Å². The highest BCUT2D eigenvalue weighted by molar-refractivity contribution is 7.98. The first kappa shape index (κ1) is 14.1. The topological polar surface area (TPSA) is 12.0 Å². The smallest absolute Gasteiger partial charge is 0.123 e. The van der Waals surface area contributed by atoms with E-state index in [0.29, 0.717) is 0 Å². The molecule has 2 aromatic rings. The molecule has 0 spiro atoms. The molecule has 1 nitrogen and oxygen atoms in total. The van der Waals surface area contributed by atoms with Crippen LogP contribution in [-0.2, 0) is 6.42 Å². The van der Waals surface area contributed by atoms with Crippen molar-refractivity contribution in [2.45, 2.75) is 17.4 Å². The molecule has 0 saturated heterocycles. The molecule has 100 valence electrons. The Morgan fingerprint density at radius 1 is 1.05 bits per heavy atom. The SMILES string of the molecule is CNC(Cc1ccc(F)cc1)c1ccc(SC)cc1. The number of benzene rings is 2. The van der Waals surface area contributed by atoms with Crippen LogP contribution in [0.1, 0.15) is 17.2 Å². The highest BCUT2D eigenvalue weighted by Gasteiger charge is 2.10. The first-order valence-corrected chi connectivity index (χ1v) is 7.51. The number of nitrogens with one attached hydrogen (secondary N) is 1. The van der Waals surface area contributed by atoms with E-state index in [2.05, 4.69) is 35.8 Å². The molecular weight excluding hydrogens is 257 g/mol. The van der Waals surface area contributed by atoms with Crippen molar-refractivity contribution in [3.05, 3.63) is 65.5 Å². The minimum absolute atomic E-state index is 0.186. The number of likely N-dealkylation sites (N-methyl/N-ethyl adjacent to an activating group) is 1. The molecule has 3 heteroatoms.